The summed E-state index contributed by atoms with van der Waals surface area (Å²) in [5.74, 6) is 0.00616. The zero-order chi connectivity index (χ0) is 21.1. The van der Waals surface area contributed by atoms with Crippen LogP contribution in [0.1, 0.15) is 55.0 Å². The standard InChI is InChI=1S/C23H28N4O3/c1-15(28)27-11-9-17(10-12-27)22(29)24-18-6-4-5-16(13-18)14-21-19-7-2-3-8-20(19)23(30)26-25-21/h4-6,13,17H,2-3,7-12,14H2,1H3,(H,24,29)(H,26,30). The molecule has 1 saturated heterocycles. The predicted molar refractivity (Wildman–Crippen MR) is 114 cm³/mol. The summed E-state index contributed by atoms with van der Waals surface area (Å²) in [5, 5.41) is 9.99. The van der Waals surface area contributed by atoms with Gasteiger partial charge >= 0.3 is 0 Å². The number of aromatic amines is 1. The van der Waals surface area contributed by atoms with E-state index in [0.717, 1.165) is 53.8 Å². The van der Waals surface area contributed by atoms with E-state index < -0.39 is 0 Å². The average Bonchev–Trinajstić information content (AvgIpc) is 2.76. The first kappa shape index (κ1) is 20.3. The number of rotatable bonds is 4. The number of fused-ring (bicyclic) bond motifs is 1. The third-order valence-electron chi connectivity index (χ3n) is 6.26. The molecule has 0 bridgehead atoms. The van der Waals surface area contributed by atoms with Gasteiger partial charge in [-0.25, -0.2) is 5.10 Å². The van der Waals surface area contributed by atoms with E-state index in [1.54, 1.807) is 11.8 Å². The molecule has 2 heterocycles. The van der Waals surface area contributed by atoms with Crippen molar-refractivity contribution in [2.45, 2.75) is 51.9 Å². The van der Waals surface area contributed by atoms with Gasteiger partial charge in [0, 0.05) is 43.6 Å². The lowest BCUT2D eigenvalue weighted by Gasteiger charge is -2.30. The van der Waals surface area contributed by atoms with Crippen LogP contribution in [0.15, 0.2) is 29.1 Å². The van der Waals surface area contributed by atoms with Crippen LogP contribution in [0.2, 0.25) is 0 Å². The summed E-state index contributed by atoms with van der Waals surface area (Å²) in [4.78, 5) is 38.0. The monoisotopic (exact) mass is 408 g/mol. The Balaban J connectivity index is 1.43. The molecule has 1 aliphatic carbocycles. The molecule has 1 aliphatic heterocycles. The van der Waals surface area contributed by atoms with Gasteiger partial charge in [-0.05, 0) is 61.8 Å². The largest absolute Gasteiger partial charge is 0.343 e. The first-order chi connectivity index (χ1) is 14.5. The number of carbonyl (C=O) groups excluding carboxylic acids is 2. The summed E-state index contributed by atoms with van der Waals surface area (Å²) in [6, 6.07) is 7.82. The molecule has 0 saturated carbocycles. The van der Waals surface area contributed by atoms with E-state index in [4.69, 9.17) is 0 Å². The lowest BCUT2D eigenvalue weighted by Crippen LogP contribution is -2.40. The number of aromatic nitrogens is 2. The molecular formula is C23H28N4O3. The molecule has 2 N–H and O–H groups in total. The number of carbonyl (C=O) groups is 2. The second-order valence-electron chi connectivity index (χ2n) is 8.31. The van der Waals surface area contributed by atoms with Gasteiger partial charge in [-0.15, -0.1) is 0 Å². The number of H-pyrrole nitrogens is 1. The Morgan fingerprint density at radius 3 is 2.63 bits per heavy atom. The van der Waals surface area contributed by atoms with Gasteiger partial charge < -0.3 is 10.2 Å². The van der Waals surface area contributed by atoms with Crippen molar-refractivity contribution in [1.82, 2.24) is 15.1 Å². The third kappa shape index (κ3) is 4.45. The van der Waals surface area contributed by atoms with Crippen LogP contribution in [0.5, 0.6) is 0 Å². The number of nitrogens with one attached hydrogen (secondary N) is 2. The second-order valence-corrected chi connectivity index (χ2v) is 8.31. The lowest BCUT2D eigenvalue weighted by molar-refractivity contribution is -0.132. The summed E-state index contributed by atoms with van der Waals surface area (Å²) in [7, 11) is 0. The van der Waals surface area contributed by atoms with Gasteiger partial charge in [0.1, 0.15) is 0 Å². The number of likely N-dealkylation sites (tertiary alicyclic amines) is 1. The van der Waals surface area contributed by atoms with Crippen LogP contribution >= 0.6 is 0 Å². The smallest absolute Gasteiger partial charge is 0.267 e. The minimum absolute atomic E-state index is 0.00916. The van der Waals surface area contributed by atoms with Gasteiger partial charge in [-0.1, -0.05) is 12.1 Å². The molecule has 0 spiro atoms. The van der Waals surface area contributed by atoms with E-state index >= 15 is 0 Å². The van der Waals surface area contributed by atoms with Crippen LogP contribution in [-0.2, 0) is 28.9 Å². The fourth-order valence-electron chi connectivity index (χ4n) is 4.53. The van der Waals surface area contributed by atoms with Crippen molar-refractivity contribution in [3.8, 4) is 0 Å². The van der Waals surface area contributed by atoms with Crippen LogP contribution in [-0.4, -0.2) is 40.0 Å². The molecule has 2 aromatic rings. The van der Waals surface area contributed by atoms with Crippen molar-refractivity contribution in [3.63, 3.8) is 0 Å². The Bertz CT molecular complexity index is 1010. The highest BCUT2D eigenvalue weighted by Gasteiger charge is 2.26. The van der Waals surface area contributed by atoms with Crippen molar-refractivity contribution in [1.29, 1.82) is 0 Å². The molecule has 1 fully saturated rings. The average molecular weight is 409 g/mol. The Morgan fingerprint density at radius 2 is 1.90 bits per heavy atom. The van der Waals surface area contributed by atoms with E-state index in [1.165, 1.54) is 0 Å². The van der Waals surface area contributed by atoms with E-state index in [1.807, 2.05) is 24.3 Å². The van der Waals surface area contributed by atoms with Crippen LogP contribution in [0.25, 0.3) is 0 Å². The molecule has 2 amide bonds. The van der Waals surface area contributed by atoms with E-state index in [0.29, 0.717) is 32.4 Å². The van der Waals surface area contributed by atoms with Gasteiger partial charge in [-0.2, -0.15) is 5.10 Å². The van der Waals surface area contributed by atoms with Crippen molar-refractivity contribution in [3.05, 3.63) is 57.0 Å². The molecule has 0 unspecified atom stereocenters. The Labute approximate surface area is 175 Å². The highest BCUT2D eigenvalue weighted by molar-refractivity contribution is 5.92. The molecule has 2 aliphatic rings. The summed E-state index contributed by atoms with van der Waals surface area (Å²) >= 11 is 0. The zero-order valence-corrected chi connectivity index (χ0v) is 17.4. The van der Waals surface area contributed by atoms with Crippen molar-refractivity contribution in [2.75, 3.05) is 18.4 Å². The van der Waals surface area contributed by atoms with Crippen molar-refractivity contribution in [2.24, 2.45) is 5.92 Å². The maximum atomic E-state index is 12.7. The van der Waals surface area contributed by atoms with Gasteiger partial charge in [-0.3, -0.25) is 14.4 Å². The van der Waals surface area contributed by atoms with Crippen LogP contribution in [0.3, 0.4) is 0 Å². The molecule has 0 radical (unpaired) electrons. The number of hydrogen-bond acceptors (Lipinski definition) is 4. The topological polar surface area (TPSA) is 95.2 Å². The van der Waals surface area contributed by atoms with Crippen LogP contribution in [0, 0.1) is 5.92 Å². The summed E-state index contributed by atoms with van der Waals surface area (Å²) < 4.78 is 0. The highest BCUT2D eigenvalue weighted by atomic mass is 16.2. The summed E-state index contributed by atoms with van der Waals surface area (Å²) in [6.07, 6.45) is 5.86. The molecule has 7 heteroatoms. The molecule has 158 valence electrons. The number of benzene rings is 1. The predicted octanol–water partition coefficient (Wildman–Crippen LogP) is 2.44. The number of nitrogens with zero attached hydrogens (tertiary/aromatic N) is 2. The number of amides is 2. The zero-order valence-electron chi connectivity index (χ0n) is 17.4. The van der Waals surface area contributed by atoms with Crippen molar-refractivity contribution < 1.29 is 9.59 Å². The van der Waals surface area contributed by atoms with Gasteiger partial charge in [0.25, 0.3) is 5.56 Å². The quantitative estimate of drug-likeness (QED) is 0.812. The maximum Gasteiger partial charge on any atom is 0.267 e. The molecule has 1 aromatic heterocycles. The van der Waals surface area contributed by atoms with E-state index in [2.05, 4.69) is 15.5 Å². The summed E-state index contributed by atoms with van der Waals surface area (Å²) in [6.45, 7) is 2.84. The SMILES string of the molecule is CC(=O)N1CCC(C(=O)Nc2cccc(Cc3n[nH]c(=O)c4c3CCCC4)c2)CC1. The first-order valence-corrected chi connectivity index (χ1v) is 10.8. The maximum absolute atomic E-state index is 12.7. The van der Waals surface area contributed by atoms with E-state index in [-0.39, 0.29) is 23.3 Å². The molecule has 1 aromatic carbocycles. The Kier molecular flexibility index (Phi) is 5.97. The molecule has 4 rings (SSSR count). The molecule has 7 nitrogen and oxygen atoms in total. The highest BCUT2D eigenvalue weighted by Crippen LogP contribution is 2.24. The number of piperidine rings is 1. The first-order valence-electron chi connectivity index (χ1n) is 10.8. The summed E-state index contributed by atoms with van der Waals surface area (Å²) in [5.41, 5.74) is 4.65. The third-order valence-corrected chi connectivity index (χ3v) is 6.26. The second kappa shape index (κ2) is 8.81. The van der Waals surface area contributed by atoms with Gasteiger partial charge in [0.2, 0.25) is 11.8 Å². The Morgan fingerprint density at radius 1 is 1.17 bits per heavy atom. The van der Waals surface area contributed by atoms with Gasteiger partial charge in [0.05, 0.1) is 5.69 Å². The Hall–Kier alpha value is -2.96. The fourth-order valence-corrected chi connectivity index (χ4v) is 4.53. The molecule has 0 atom stereocenters. The molecular weight excluding hydrogens is 380 g/mol. The fraction of sp³-hybridized carbons (Fsp3) is 0.478. The minimum Gasteiger partial charge on any atom is -0.343 e. The number of anilines is 1. The molecule has 30 heavy (non-hydrogen) atoms. The van der Waals surface area contributed by atoms with Crippen molar-refractivity contribution >= 4 is 17.5 Å². The van der Waals surface area contributed by atoms with Gasteiger partial charge in [0.15, 0.2) is 0 Å². The van der Waals surface area contributed by atoms with E-state index in [9.17, 15) is 14.4 Å². The minimum atomic E-state index is -0.0721. The normalized spacial score (nSPS) is 16.8. The number of hydrogen-bond donors (Lipinski definition) is 2. The van der Waals surface area contributed by atoms with Crippen LogP contribution in [0.4, 0.5) is 5.69 Å². The van der Waals surface area contributed by atoms with Crippen LogP contribution < -0.4 is 10.9 Å². The lowest BCUT2D eigenvalue weighted by atomic mass is 9.90.